The van der Waals surface area contributed by atoms with E-state index in [0.29, 0.717) is 23.6 Å². The van der Waals surface area contributed by atoms with E-state index in [2.05, 4.69) is 5.10 Å². The summed E-state index contributed by atoms with van der Waals surface area (Å²) in [7, 11) is 0. The Bertz CT molecular complexity index is 1130. The highest BCUT2D eigenvalue weighted by molar-refractivity contribution is 6.10. The van der Waals surface area contributed by atoms with E-state index < -0.39 is 0 Å². The second-order valence-corrected chi connectivity index (χ2v) is 7.75. The van der Waals surface area contributed by atoms with E-state index in [0.717, 1.165) is 29.5 Å². The molecule has 1 aliphatic heterocycles. The number of anilines is 1. The maximum absolute atomic E-state index is 13.4. The van der Waals surface area contributed by atoms with Gasteiger partial charge in [0.1, 0.15) is 18.2 Å². The SMILES string of the molecule is Cc1c(-c2ccc(F)cc2)nn(CC(=O)C2CC2)c1N1Cc2ccccc2C1=O. The number of aromatic nitrogens is 2. The Balaban J connectivity index is 1.60. The molecule has 2 heterocycles. The number of halogens is 1. The highest BCUT2D eigenvalue weighted by Crippen LogP contribution is 2.37. The minimum Gasteiger partial charge on any atom is -0.297 e. The van der Waals surface area contributed by atoms with E-state index in [1.54, 1.807) is 21.7 Å². The van der Waals surface area contributed by atoms with Gasteiger partial charge in [0.2, 0.25) is 0 Å². The Morgan fingerprint density at radius 2 is 1.86 bits per heavy atom. The highest BCUT2D eigenvalue weighted by Gasteiger charge is 2.35. The number of nitrogens with zero attached hydrogens (tertiary/aromatic N) is 3. The minimum atomic E-state index is -0.319. The summed E-state index contributed by atoms with van der Waals surface area (Å²) in [6, 6.07) is 13.7. The molecule has 0 saturated heterocycles. The normalized spacial score (nSPS) is 15.7. The fourth-order valence-electron chi connectivity index (χ4n) is 3.98. The van der Waals surface area contributed by atoms with Crippen molar-refractivity contribution in [2.45, 2.75) is 32.9 Å². The molecule has 1 amide bonds. The van der Waals surface area contributed by atoms with Gasteiger partial charge in [-0.15, -0.1) is 0 Å². The third kappa shape index (κ3) is 3.05. The van der Waals surface area contributed by atoms with Gasteiger partial charge >= 0.3 is 0 Å². The fourth-order valence-corrected chi connectivity index (χ4v) is 3.98. The maximum Gasteiger partial charge on any atom is 0.260 e. The first-order valence-corrected chi connectivity index (χ1v) is 9.79. The van der Waals surface area contributed by atoms with Crippen LogP contribution in [0.1, 0.15) is 34.3 Å². The summed E-state index contributed by atoms with van der Waals surface area (Å²) >= 11 is 0. The van der Waals surface area contributed by atoms with Crippen LogP contribution in [-0.4, -0.2) is 21.5 Å². The topological polar surface area (TPSA) is 55.2 Å². The number of amides is 1. The molecule has 0 N–H and O–H groups in total. The zero-order valence-corrected chi connectivity index (χ0v) is 16.1. The van der Waals surface area contributed by atoms with Crippen LogP contribution < -0.4 is 4.90 Å². The molecule has 2 aliphatic rings. The summed E-state index contributed by atoms with van der Waals surface area (Å²) in [5, 5.41) is 4.68. The van der Waals surface area contributed by atoms with Gasteiger partial charge in [-0.1, -0.05) is 18.2 Å². The lowest BCUT2D eigenvalue weighted by molar-refractivity contribution is -0.120. The van der Waals surface area contributed by atoms with Crippen molar-refractivity contribution in [3.8, 4) is 11.3 Å². The minimum absolute atomic E-state index is 0.0885. The second kappa shape index (κ2) is 6.65. The summed E-state index contributed by atoms with van der Waals surface area (Å²) in [5.74, 6) is 0.478. The van der Waals surface area contributed by atoms with Crippen LogP contribution in [0.5, 0.6) is 0 Å². The number of rotatable bonds is 5. The first-order valence-electron chi connectivity index (χ1n) is 9.79. The third-order valence-corrected chi connectivity index (χ3v) is 5.69. The molecule has 0 unspecified atom stereocenters. The molecule has 3 aromatic rings. The predicted octanol–water partition coefficient (Wildman–Crippen LogP) is 4.14. The zero-order valence-electron chi connectivity index (χ0n) is 16.1. The molecule has 1 saturated carbocycles. The number of hydrogen-bond acceptors (Lipinski definition) is 3. The van der Waals surface area contributed by atoms with Crippen LogP contribution in [0.2, 0.25) is 0 Å². The molecule has 5 rings (SSSR count). The number of hydrogen-bond donors (Lipinski definition) is 0. The number of benzene rings is 2. The molecule has 0 radical (unpaired) electrons. The van der Waals surface area contributed by atoms with E-state index in [4.69, 9.17) is 0 Å². The lowest BCUT2D eigenvalue weighted by atomic mass is 10.1. The quantitative estimate of drug-likeness (QED) is 0.659. The standard InChI is InChI=1S/C23H20FN3O2/c1-14-21(16-8-10-18(24)11-9-16)25-27(13-20(28)15-6-7-15)22(14)26-12-17-4-2-3-5-19(17)23(26)29/h2-5,8-11,15H,6-7,12-13H2,1H3. The van der Waals surface area contributed by atoms with Gasteiger partial charge in [-0.05, 0) is 55.7 Å². The lowest BCUT2D eigenvalue weighted by Crippen LogP contribution is -2.28. The fraction of sp³-hybridized carbons (Fsp3) is 0.261. The van der Waals surface area contributed by atoms with Crippen molar-refractivity contribution in [1.29, 1.82) is 0 Å². The third-order valence-electron chi connectivity index (χ3n) is 5.69. The molecule has 2 aromatic carbocycles. The van der Waals surface area contributed by atoms with E-state index in [-0.39, 0.29) is 30.0 Å². The molecule has 1 aliphatic carbocycles. The smallest absolute Gasteiger partial charge is 0.260 e. The number of carbonyl (C=O) groups is 2. The van der Waals surface area contributed by atoms with Crippen molar-refractivity contribution >= 4 is 17.5 Å². The molecular weight excluding hydrogens is 369 g/mol. The molecule has 0 atom stereocenters. The van der Waals surface area contributed by atoms with Gasteiger partial charge in [-0.2, -0.15) is 5.10 Å². The Morgan fingerprint density at radius 1 is 1.14 bits per heavy atom. The Hall–Kier alpha value is -3.28. The van der Waals surface area contributed by atoms with Gasteiger partial charge in [-0.25, -0.2) is 9.07 Å². The number of fused-ring (bicyclic) bond motifs is 1. The molecule has 0 spiro atoms. The van der Waals surface area contributed by atoms with E-state index in [1.165, 1.54) is 12.1 Å². The number of ketones is 1. The molecular formula is C23H20FN3O2. The Labute approximate surface area is 167 Å². The molecule has 6 heteroatoms. The zero-order chi connectivity index (χ0) is 20.1. The van der Waals surface area contributed by atoms with Crippen LogP contribution in [0.15, 0.2) is 48.5 Å². The van der Waals surface area contributed by atoms with Gasteiger partial charge in [0.15, 0.2) is 5.78 Å². The molecule has 29 heavy (non-hydrogen) atoms. The largest absolute Gasteiger partial charge is 0.297 e. The monoisotopic (exact) mass is 389 g/mol. The van der Waals surface area contributed by atoms with E-state index in [9.17, 15) is 14.0 Å². The average molecular weight is 389 g/mol. The highest BCUT2D eigenvalue weighted by atomic mass is 19.1. The van der Waals surface area contributed by atoms with Crippen molar-refractivity contribution in [1.82, 2.24) is 9.78 Å². The van der Waals surface area contributed by atoms with Crippen LogP contribution in [0.25, 0.3) is 11.3 Å². The molecule has 5 nitrogen and oxygen atoms in total. The predicted molar refractivity (Wildman–Crippen MR) is 107 cm³/mol. The average Bonchev–Trinajstić information content (AvgIpc) is 3.46. The van der Waals surface area contributed by atoms with Gasteiger partial charge in [-0.3, -0.25) is 14.5 Å². The van der Waals surface area contributed by atoms with Crippen LogP contribution >= 0.6 is 0 Å². The van der Waals surface area contributed by atoms with Crippen molar-refractivity contribution in [2.24, 2.45) is 5.92 Å². The molecule has 0 bridgehead atoms. The van der Waals surface area contributed by atoms with Gasteiger partial charge in [0, 0.05) is 22.6 Å². The van der Waals surface area contributed by atoms with E-state index >= 15 is 0 Å². The lowest BCUT2D eigenvalue weighted by Gasteiger charge is -2.18. The second-order valence-electron chi connectivity index (χ2n) is 7.75. The molecule has 146 valence electrons. The summed E-state index contributed by atoms with van der Waals surface area (Å²) in [6.07, 6.45) is 1.85. The molecule has 1 fully saturated rings. The number of Topliss-reactive ketones (excluding diaryl/α,β-unsaturated/α-hetero) is 1. The van der Waals surface area contributed by atoms with Crippen molar-refractivity contribution in [3.05, 3.63) is 71.0 Å². The molecule has 1 aromatic heterocycles. The first kappa shape index (κ1) is 17.8. The summed E-state index contributed by atoms with van der Waals surface area (Å²) in [5.41, 5.74) is 3.86. The Morgan fingerprint density at radius 3 is 2.55 bits per heavy atom. The van der Waals surface area contributed by atoms with Crippen molar-refractivity contribution < 1.29 is 14.0 Å². The summed E-state index contributed by atoms with van der Waals surface area (Å²) in [6.45, 7) is 2.49. The summed E-state index contributed by atoms with van der Waals surface area (Å²) < 4.78 is 15.0. The maximum atomic E-state index is 13.4. The van der Waals surface area contributed by atoms with Crippen LogP contribution in [0.3, 0.4) is 0 Å². The van der Waals surface area contributed by atoms with Gasteiger partial charge < -0.3 is 0 Å². The van der Waals surface area contributed by atoms with Crippen LogP contribution in [0, 0.1) is 18.7 Å². The Kier molecular flexibility index (Phi) is 4.08. The van der Waals surface area contributed by atoms with Gasteiger partial charge in [0.25, 0.3) is 5.91 Å². The van der Waals surface area contributed by atoms with Crippen LogP contribution in [-0.2, 0) is 17.9 Å². The number of carbonyl (C=O) groups excluding carboxylic acids is 2. The van der Waals surface area contributed by atoms with E-state index in [1.807, 2.05) is 31.2 Å². The van der Waals surface area contributed by atoms with Gasteiger partial charge in [0.05, 0.1) is 12.2 Å². The summed E-state index contributed by atoms with van der Waals surface area (Å²) in [4.78, 5) is 27.3. The van der Waals surface area contributed by atoms with Crippen molar-refractivity contribution in [3.63, 3.8) is 0 Å². The first-order chi connectivity index (χ1) is 14.0. The van der Waals surface area contributed by atoms with Crippen molar-refractivity contribution in [2.75, 3.05) is 4.90 Å². The van der Waals surface area contributed by atoms with Crippen LogP contribution in [0.4, 0.5) is 10.2 Å².